The fourth-order valence-electron chi connectivity index (χ4n) is 4.68. The van der Waals surface area contributed by atoms with Gasteiger partial charge >= 0.3 is 0 Å². The molecule has 202 valence electrons. The van der Waals surface area contributed by atoms with Crippen molar-refractivity contribution in [2.75, 3.05) is 40.4 Å². The van der Waals surface area contributed by atoms with Gasteiger partial charge in [-0.15, -0.1) is 0 Å². The Balaban J connectivity index is 0.000000253. The largest absolute Gasteiger partial charge is 0.497 e. The molecule has 37 heavy (non-hydrogen) atoms. The second kappa shape index (κ2) is 15.3. The first-order chi connectivity index (χ1) is 17.4. The first kappa shape index (κ1) is 30.3. The van der Waals surface area contributed by atoms with Gasteiger partial charge in [-0.3, -0.25) is 14.6 Å². The lowest BCUT2D eigenvalue weighted by Gasteiger charge is -2.34. The quantitative estimate of drug-likeness (QED) is 0.445. The number of likely N-dealkylation sites (tertiary alicyclic amines) is 1. The van der Waals surface area contributed by atoms with Crippen LogP contribution in [0.1, 0.15) is 45.2 Å². The molecule has 6 heteroatoms. The van der Waals surface area contributed by atoms with Crippen molar-refractivity contribution in [1.82, 2.24) is 9.80 Å². The molecule has 0 aliphatic carbocycles. The van der Waals surface area contributed by atoms with E-state index in [1.165, 1.54) is 16.7 Å². The Morgan fingerprint density at radius 3 is 1.89 bits per heavy atom. The van der Waals surface area contributed by atoms with Crippen molar-refractivity contribution in [3.8, 4) is 11.5 Å². The minimum absolute atomic E-state index is 0. The van der Waals surface area contributed by atoms with Crippen LogP contribution in [-0.4, -0.2) is 62.8 Å². The number of methoxy groups -OCH3 is 2. The number of benzene rings is 2. The highest BCUT2D eigenvalue weighted by Gasteiger charge is 2.25. The Bertz CT molecular complexity index is 1000. The minimum Gasteiger partial charge on any atom is -0.497 e. The van der Waals surface area contributed by atoms with Gasteiger partial charge in [0.25, 0.3) is 0 Å². The molecule has 1 saturated heterocycles. The molecule has 2 atom stereocenters. The van der Waals surface area contributed by atoms with Gasteiger partial charge in [0, 0.05) is 44.2 Å². The summed E-state index contributed by atoms with van der Waals surface area (Å²) in [5, 5.41) is 0. The number of piperidine rings is 1. The molecule has 0 unspecified atom stereocenters. The third-order valence-electron chi connectivity index (χ3n) is 7.29. The van der Waals surface area contributed by atoms with E-state index in [4.69, 9.17) is 9.47 Å². The van der Waals surface area contributed by atoms with Crippen LogP contribution in [0.25, 0.3) is 0 Å². The third-order valence-corrected chi connectivity index (χ3v) is 7.29. The van der Waals surface area contributed by atoms with Crippen LogP contribution < -0.4 is 9.47 Å². The Labute approximate surface area is 223 Å². The summed E-state index contributed by atoms with van der Waals surface area (Å²) in [7, 11) is 3.35. The number of rotatable bonds is 8. The molecule has 1 fully saturated rings. The van der Waals surface area contributed by atoms with Crippen LogP contribution in [0.3, 0.4) is 0 Å². The van der Waals surface area contributed by atoms with Crippen LogP contribution in [-0.2, 0) is 22.7 Å². The van der Waals surface area contributed by atoms with Crippen molar-refractivity contribution < 1.29 is 19.1 Å². The fourth-order valence-corrected chi connectivity index (χ4v) is 4.68. The van der Waals surface area contributed by atoms with Gasteiger partial charge in [-0.2, -0.15) is 0 Å². The number of carbonyl (C=O) groups is 2. The molecule has 2 aromatic carbocycles. The van der Waals surface area contributed by atoms with Gasteiger partial charge in [0.15, 0.2) is 0 Å². The van der Waals surface area contributed by atoms with Crippen molar-refractivity contribution in [3.05, 3.63) is 70.8 Å². The van der Waals surface area contributed by atoms with E-state index in [1.54, 1.807) is 14.2 Å². The maximum Gasteiger partial charge on any atom is 0.147 e. The maximum atomic E-state index is 11.0. The molecule has 4 rings (SSSR count). The topological polar surface area (TPSA) is 59.1 Å². The molecular formula is C31H44N2O4. The van der Waals surface area contributed by atoms with E-state index in [0.717, 1.165) is 81.8 Å². The van der Waals surface area contributed by atoms with E-state index in [0.29, 0.717) is 5.92 Å². The van der Waals surface area contributed by atoms with Gasteiger partial charge in [0.05, 0.1) is 14.2 Å². The summed E-state index contributed by atoms with van der Waals surface area (Å²) in [5.74, 6) is 2.48. The Hall–Kier alpha value is -2.96. The van der Waals surface area contributed by atoms with E-state index in [9.17, 15) is 9.59 Å². The second-order valence-corrected chi connectivity index (χ2v) is 9.88. The van der Waals surface area contributed by atoms with Gasteiger partial charge < -0.3 is 14.3 Å². The van der Waals surface area contributed by atoms with Crippen LogP contribution in [0.2, 0.25) is 0 Å². The molecule has 6 nitrogen and oxygen atoms in total. The molecule has 0 bridgehead atoms. The monoisotopic (exact) mass is 508 g/mol. The summed E-state index contributed by atoms with van der Waals surface area (Å²) in [5.41, 5.74) is 4.70. The second-order valence-electron chi connectivity index (χ2n) is 9.88. The lowest BCUT2D eigenvalue weighted by molar-refractivity contribution is -0.114. The van der Waals surface area contributed by atoms with E-state index < -0.39 is 0 Å². The average molecular weight is 509 g/mol. The predicted molar refractivity (Wildman–Crippen MR) is 150 cm³/mol. The summed E-state index contributed by atoms with van der Waals surface area (Å²) in [6, 6.07) is 16.2. The van der Waals surface area contributed by atoms with Crippen LogP contribution >= 0.6 is 0 Å². The number of nitrogens with zero attached hydrogens (tertiary/aromatic N) is 2. The zero-order valence-corrected chi connectivity index (χ0v) is 22.1. The normalized spacial score (nSPS) is 20.2. The van der Waals surface area contributed by atoms with E-state index in [2.05, 4.69) is 47.9 Å². The Morgan fingerprint density at radius 2 is 1.41 bits per heavy atom. The fraction of sp³-hybridized carbons (Fsp3) is 0.484. The highest BCUT2D eigenvalue weighted by atomic mass is 16.5. The van der Waals surface area contributed by atoms with E-state index >= 15 is 0 Å². The molecule has 0 amide bonds. The average Bonchev–Trinajstić information content (AvgIpc) is 2.92. The lowest BCUT2D eigenvalue weighted by Crippen LogP contribution is -2.39. The van der Waals surface area contributed by atoms with Crippen molar-refractivity contribution >= 4 is 12.6 Å². The van der Waals surface area contributed by atoms with Gasteiger partial charge in [0.2, 0.25) is 0 Å². The predicted octanol–water partition coefficient (Wildman–Crippen LogP) is 5.40. The molecule has 0 N–H and O–H groups in total. The van der Waals surface area contributed by atoms with Gasteiger partial charge in [-0.1, -0.05) is 44.2 Å². The van der Waals surface area contributed by atoms with E-state index in [-0.39, 0.29) is 13.3 Å². The number of aldehydes is 2. The minimum atomic E-state index is 0. The Morgan fingerprint density at radius 1 is 0.865 bits per heavy atom. The van der Waals surface area contributed by atoms with Crippen LogP contribution in [0.4, 0.5) is 0 Å². The zero-order valence-electron chi connectivity index (χ0n) is 22.1. The summed E-state index contributed by atoms with van der Waals surface area (Å²) in [6.45, 7) is 9.78. The third kappa shape index (κ3) is 9.13. The van der Waals surface area contributed by atoms with Crippen molar-refractivity contribution in [3.63, 3.8) is 0 Å². The molecule has 0 spiro atoms. The standard InChI is InChI=1S/C15H21NO2.C15H19NO2.CH4/c2*1-12-7-8-16(10-14(12)11-17)9-13-3-5-15(18-2)6-4-13;/h3-6,11-12,14H,7-10H2,1-2H3;3-6,11H,7-10H2,1-2H3;1H4/t12-,14-;;/m0../s1. The molecule has 0 saturated carbocycles. The smallest absolute Gasteiger partial charge is 0.147 e. The first-order valence-corrected chi connectivity index (χ1v) is 12.7. The van der Waals surface area contributed by atoms with Crippen LogP contribution in [0.5, 0.6) is 11.5 Å². The SMILES string of the molecule is C.COc1ccc(CN2CCC(C)=C(C=O)C2)cc1.COc1ccc(CN2CC[C@H](C)[C@H](C=O)C2)cc1. The van der Waals surface area contributed by atoms with Crippen LogP contribution in [0.15, 0.2) is 59.7 Å². The summed E-state index contributed by atoms with van der Waals surface area (Å²) < 4.78 is 10.3. The highest BCUT2D eigenvalue weighted by Crippen LogP contribution is 2.23. The molecular weight excluding hydrogens is 464 g/mol. The first-order valence-electron chi connectivity index (χ1n) is 12.7. The molecule has 2 heterocycles. The number of hydrogen-bond donors (Lipinski definition) is 0. The maximum absolute atomic E-state index is 11.0. The molecule has 2 aromatic rings. The van der Waals surface area contributed by atoms with Gasteiger partial charge in [-0.25, -0.2) is 0 Å². The van der Waals surface area contributed by atoms with Crippen molar-refractivity contribution in [2.24, 2.45) is 11.8 Å². The summed E-state index contributed by atoms with van der Waals surface area (Å²) in [6.07, 6.45) is 4.21. The van der Waals surface area contributed by atoms with E-state index in [1.807, 2.05) is 24.3 Å². The zero-order chi connectivity index (χ0) is 25.9. The van der Waals surface area contributed by atoms with Crippen molar-refractivity contribution in [1.29, 1.82) is 0 Å². The number of hydrogen-bond acceptors (Lipinski definition) is 6. The van der Waals surface area contributed by atoms with Crippen LogP contribution in [0, 0.1) is 11.8 Å². The molecule has 0 aromatic heterocycles. The van der Waals surface area contributed by atoms with Crippen molar-refractivity contribution in [2.45, 2.75) is 47.2 Å². The van der Waals surface area contributed by atoms with Gasteiger partial charge in [0.1, 0.15) is 24.1 Å². The number of ether oxygens (including phenoxy) is 2. The van der Waals surface area contributed by atoms with Gasteiger partial charge in [-0.05, 0) is 67.6 Å². The Kier molecular flexibility index (Phi) is 12.5. The summed E-state index contributed by atoms with van der Waals surface area (Å²) in [4.78, 5) is 26.6. The number of carbonyl (C=O) groups excluding carboxylic acids is 2. The summed E-state index contributed by atoms with van der Waals surface area (Å²) >= 11 is 0. The molecule has 2 aliphatic rings. The molecule has 0 radical (unpaired) electrons. The highest BCUT2D eigenvalue weighted by molar-refractivity contribution is 5.75. The molecule has 2 aliphatic heterocycles. The lowest BCUT2D eigenvalue weighted by atomic mass is 9.88.